The highest BCUT2D eigenvalue weighted by Gasteiger charge is 2.47. The smallest absolute Gasteiger partial charge is 0.241 e. The molecule has 2 aliphatic heterocycles. The minimum absolute atomic E-state index is 0.185. The molecule has 4 nitrogen and oxygen atoms in total. The molecule has 0 spiro atoms. The van der Waals surface area contributed by atoms with E-state index in [0.717, 1.165) is 43.3 Å². The van der Waals surface area contributed by atoms with Crippen LogP contribution in [0.1, 0.15) is 38.3 Å². The van der Waals surface area contributed by atoms with Crippen molar-refractivity contribution in [2.24, 2.45) is 0 Å². The topological polar surface area (TPSA) is 26.8 Å². The van der Waals surface area contributed by atoms with Crippen molar-refractivity contribution in [1.82, 2.24) is 9.80 Å². The Morgan fingerprint density at radius 3 is 2.27 bits per heavy atom. The number of rotatable bonds is 3. The molecule has 0 aliphatic carbocycles. The van der Waals surface area contributed by atoms with Gasteiger partial charge in [0, 0.05) is 47.8 Å². The molecule has 0 saturated carbocycles. The molecule has 0 N–H and O–H groups in total. The van der Waals surface area contributed by atoms with Crippen LogP contribution in [0.15, 0.2) is 48.5 Å². The van der Waals surface area contributed by atoms with Gasteiger partial charge in [0.05, 0.1) is 6.54 Å². The van der Waals surface area contributed by atoms with Crippen molar-refractivity contribution >= 4 is 23.2 Å². The molecule has 2 aromatic rings. The highest BCUT2D eigenvalue weighted by atomic mass is 35.5. The van der Waals surface area contributed by atoms with Gasteiger partial charge in [0.1, 0.15) is 0 Å². The van der Waals surface area contributed by atoms with Gasteiger partial charge in [0.25, 0.3) is 0 Å². The summed E-state index contributed by atoms with van der Waals surface area (Å²) in [6, 6.07) is 16.6. The summed E-state index contributed by atoms with van der Waals surface area (Å²) in [7, 11) is 2.14. The molecular weight excluding hydrogens is 394 g/mol. The first kappa shape index (κ1) is 21.4. The molecule has 30 heavy (non-hydrogen) atoms. The van der Waals surface area contributed by atoms with Crippen LogP contribution in [0, 0.1) is 0 Å². The van der Waals surface area contributed by atoms with Gasteiger partial charge in [-0.2, -0.15) is 0 Å². The Morgan fingerprint density at radius 2 is 1.60 bits per heavy atom. The molecule has 2 aliphatic rings. The van der Waals surface area contributed by atoms with E-state index in [4.69, 9.17) is 11.6 Å². The van der Waals surface area contributed by atoms with Crippen LogP contribution in [0.3, 0.4) is 0 Å². The lowest BCUT2D eigenvalue weighted by molar-refractivity contribution is -0.121. The number of para-hydroxylation sites is 1. The van der Waals surface area contributed by atoms with Crippen LogP contribution in [0.5, 0.6) is 0 Å². The summed E-state index contributed by atoms with van der Waals surface area (Å²) in [5.74, 6) is 0.190. The second-order valence-corrected chi connectivity index (χ2v) is 10.1. The lowest BCUT2D eigenvalue weighted by atomic mass is 9.65. The fourth-order valence-electron chi connectivity index (χ4n) is 5.32. The summed E-state index contributed by atoms with van der Waals surface area (Å²) in [6.45, 7) is 11.1. The van der Waals surface area contributed by atoms with Crippen molar-refractivity contribution in [1.29, 1.82) is 0 Å². The maximum Gasteiger partial charge on any atom is 0.241 e. The van der Waals surface area contributed by atoms with Crippen molar-refractivity contribution in [3.63, 3.8) is 0 Å². The molecule has 0 bridgehead atoms. The molecule has 1 saturated heterocycles. The van der Waals surface area contributed by atoms with Crippen LogP contribution < -0.4 is 4.90 Å². The third-order valence-corrected chi connectivity index (χ3v) is 7.07. The van der Waals surface area contributed by atoms with E-state index in [0.29, 0.717) is 6.54 Å². The number of hydrogen-bond donors (Lipinski definition) is 0. The largest absolute Gasteiger partial charge is 0.305 e. The Bertz CT molecular complexity index is 918. The zero-order valence-corrected chi connectivity index (χ0v) is 19.2. The number of halogens is 1. The molecule has 1 fully saturated rings. The van der Waals surface area contributed by atoms with Gasteiger partial charge in [-0.1, -0.05) is 48.9 Å². The summed E-state index contributed by atoms with van der Waals surface area (Å²) in [5.41, 5.74) is 2.99. The average molecular weight is 426 g/mol. The number of likely N-dealkylation sites (N-methyl/N-ethyl adjacent to an activating group) is 1. The first-order chi connectivity index (χ1) is 14.2. The van der Waals surface area contributed by atoms with Crippen molar-refractivity contribution in [3.05, 3.63) is 64.7 Å². The lowest BCUT2D eigenvalue weighted by Gasteiger charge is -2.51. The molecular formula is C25H32ClN3O. The van der Waals surface area contributed by atoms with Crippen LogP contribution in [0.2, 0.25) is 5.02 Å². The van der Waals surface area contributed by atoms with Gasteiger partial charge in [0.15, 0.2) is 0 Å². The SMILES string of the molecule is CN1CCN(CC(=O)N2c3ccccc3[C@](C)(c3ccc(Cl)cc3)CC2(C)C)CC1. The zero-order valence-electron chi connectivity index (χ0n) is 18.5. The summed E-state index contributed by atoms with van der Waals surface area (Å²) in [4.78, 5) is 20.2. The summed E-state index contributed by atoms with van der Waals surface area (Å²) < 4.78 is 0. The van der Waals surface area contributed by atoms with Crippen molar-refractivity contribution in [2.45, 2.75) is 38.1 Å². The zero-order chi connectivity index (χ0) is 21.5. The third kappa shape index (κ3) is 3.89. The standard InChI is InChI=1S/C25H32ClN3O/c1-24(2)18-25(3,19-9-11-20(26)12-10-19)21-7-5-6-8-22(21)29(24)23(30)17-28-15-13-27(4)14-16-28/h5-12H,13-18H2,1-4H3/t25-/m0/s1. The Morgan fingerprint density at radius 1 is 0.967 bits per heavy atom. The van der Waals surface area contributed by atoms with Crippen LogP contribution in [-0.2, 0) is 10.2 Å². The number of nitrogens with zero attached hydrogens (tertiary/aromatic N) is 3. The van der Waals surface area contributed by atoms with E-state index in [2.05, 4.69) is 72.9 Å². The Balaban J connectivity index is 1.70. The molecule has 1 amide bonds. The quantitative estimate of drug-likeness (QED) is 0.728. The van der Waals surface area contributed by atoms with Crippen molar-refractivity contribution in [3.8, 4) is 0 Å². The van der Waals surface area contributed by atoms with E-state index in [1.54, 1.807) is 0 Å². The molecule has 2 heterocycles. The predicted molar refractivity (Wildman–Crippen MR) is 124 cm³/mol. The number of piperazine rings is 1. The highest BCUT2D eigenvalue weighted by molar-refractivity contribution is 6.30. The maximum absolute atomic E-state index is 13.6. The molecule has 0 radical (unpaired) electrons. The van der Waals surface area contributed by atoms with Crippen LogP contribution >= 0.6 is 11.6 Å². The molecule has 4 rings (SSSR count). The molecule has 2 aromatic carbocycles. The second kappa shape index (κ2) is 7.99. The number of carbonyl (C=O) groups excluding carboxylic acids is 1. The Kier molecular flexibility index (Phi) is 5.69. The number of anilines is 1. The number of fused-ring (bicyclic) bond motifs is 1. The highest BCUT2D eigenvalue weighted by Crippen LogP contribution is 2.50. The van der Waals surface area contributed by atoms with Gasteiger partial charge in [-0.3, -0.25) is 9.69 Å². The minimum atomic E-state index is -0.299. The monoisotopic (exact) mass is 425 g/mol. The van der Waals surface area contributed by atoms with Gasteiger partial charge in [-0.15, -0.1) is 0 Å². The number of benzene rings is 2. The van der Waals surface area contributed by atoms with Gasteiger partial charge in [0.2, 0.25) is 5.91 Å². The van der Waals surface area contributed by atoms with E-state index < -0.39 is 0 Å². The fourth-order valence-corrected chi connectivity index (χ4v) is 5.44. The van der Waals surface area contributed by atoms with Crippen LogP contribution in [0.25, 0.3) is 0 Å². The van der Waals surface area contributed by atoms with Crippen molar-refractivity contribution < 1.29 is 4.79 Å². The van der Waals surface area contributed by atoms with Gasteiger partial charge < -0.3 is 9.80 Å². The average Bonchev–Trinajstić information content (AvgIpc) is 2.69. The Labute approximate surface area is 185 Å². The van der Waals surface area contributed by atoms with Gasteiger partial charge in [-0.05, 0) is 56.6 Å². The van der Waals surface area contributed by atoms with Crippen LogP contribution in [-0.4, -0.2) is 61.0 Å². The summed E-state index contributed by atoms with van der Waals surface area (Å²) in [5, 5.41) is 0.745. The van der Waals surface area contributed by atoms with E-state index >= 15 is 0 Å². The lowest BCUT2D eigenvalue weighted by Crippen LogP contribution is -2.58. The predicted octanol–water partition coefficient (Wildman–Crippen LogP) is 4.41. The fraction of sp³-hybridized carbons (Fsp3) is 0.480. The normalized spacial score (nSPS) is 24.5. The Hall–Kier alpha value is -1.88. The van der Waals surface area contributed by atoms with E-state index in [1.807, 2.05) is 18.2 Å². The maximum atomic E-state index is 13.6. The first-order valence-electron chi connectivity index (χ1n) is 10.8. The van der Waals surface area contributed by atoms with E-state index in [9.17, 15) is 4.79 Å². The van der Waals surface area contributed by atoms with Gasteiger partial charge >= 0.3 is 0 Å². The molecule has 160 valence electrons. The van der Waals surface area contributed by atoms with E-state index in [-0.39, 0.29) is 16.9 Å². The summed E-state index contributed by atoms with van der Waals surface area (Å²) >= 11 is 6.16. The number of hydrogen-bond acceptors (Lipinski definition) is 3. The van der Waals surface area contributed by atoms with Crippen LogP contribution in [0.4, 0.5) is 5.69 Å². The van der Waals surface area contributed by atoms with Crippen molar-refractivity contribution in [2.75, 3.05) is 44.7 Å². The molecule has 5 heteroatoms. The molecule has 0 unspecified atom stereocenters. The number of amides is 1. The first-order valence-corrected chi connectivity index (χ1v) is 11.2. The summed E-state index contributed by atoms with van der Waals surface area (Å²) in [6.07, 6.45) is 0.854. The van der Waals surface area contributed by atoms with E-state index in [1.165, 1.54) is 11.1 Å². The van der Waals surface area contributed by atoms with Gasteiger partial charge in [-0.25, -0.2) is 0 Å². The third-order valence-electron chi connectivity index (χ3n) is 6.82. The second-order valence-electron chi connectivity index (χ2n) is 9.65. The number of carbonyl (C=O) groups is 1. The minimum Gasteiger partial charge on any atom is -0.305 e. The molecule has 0 aromatic heterocycles. The molecule has 1 atom stereocenters.